The van der Waals surface area contributed by atoms with Gasteiger partial charge in [-0.1, -0.05) is 29.8 Å². The second-order valence-electron chi connectivity index (χ2n) is 6.64. The normalized spacial score (nSPS) is 19.2. The number of benzene rings is 2. The quantitative estimate of drug-likeness (QED) is 0.682. The summed E-state index contributed by atoms with van der Waals surface area (Å²) in [6, 6.07) is 10.7. The Morgan fingerprint density at radius 3 is 2.48 bits per heavy atom. The number of hydrogen-bond acceptors (Lipinski definition) is 5. The first-order valence-electron chi connectivity index (χ1n) is 7.99. The molecule has 0 saturated carbocycles. The van der Waals surface area contributed by atoms with Crippen LogP contribution >= 0.6 is 0 Å². The molecular weight excluding hydrogens is 322 g/mol. The van der Waals surface area contributed by atoms with Crippen molar-refractivity contribution < 1.29 is 19.6 Å². The highest BCUT2D eigenvalue weighted by atomic mass is 16.6. The van der Waals surface area contributed by atoms with Crippen LogP contribution in [0.5, 0.6) is 5.75 Å². The number of nitrogens with zero attached hydrogens (tertiary/aromatic N) is 1. The molecule has 0 saturated heterocycles. The van der Waals surface area contributed by atoms with E-state index in [0.717, 1.165) is 11.1 Å². The van der Waals surface area contributed by atoms with Crippen molar-refractivity contribution in [1.29, 1.82) is 0 Å². The van der Waals surface area contributed by atoms with E-state index in [4.69, 9.17) is 4.74 Å². The molecule has 0 radical (unpaired) electrons. The minimum atomic E-state index is -1.13. The minimum absolute atomic E-state index is 0.00594. The zero-order chi connectivity index (χ0) is 18.2. The lowest BCUT2D eigenvalue weighted by atomic mass is 9.74. The van der Waals surface area contributed by atoms with Crippen LogP contribution in [0.15, 0.2) is 36.4 Å². The number of ether oxygens (including phenoxy) is 1. The third kappa shape index (κ3) is 3.00. The van der Waals surface area contributed by atoms with Crippen LogP contribution in [0.25, 0.3) is 0 Å². The highest BCUT2D eigenvalue weighted by Gasteiger charge is 2.46. The lowest BCUT2D eigenvalue weighted by Crippen LogP contribution is -2.45. The van der Waals surface area contributed by atoms with E-state index in [-0.39, 0.29) is 36.0 Å². The highest BCUT2D eigenvalue weighted by Crippen LogP contribution is 2.42. The molecule has 3 rings (SSSR count). The van der Waals surface area contributed by atoms with Crippen LogP contribution in [0.3, 0.4) is 0 Å². The van der Waals surface area contributed by atoms with Gasteiger partial charge in [-0.2, -0.15) is 0 Å². The number of aliphatic hydroxyl groups excluding tert-OH is 1. The van der Waals surface area contributed by atoms with Crippen LogP contribution in [0.2, 0.25) is 0 Å². The number of hydrogen-bond donors (Lipinski definition) is 1. The van der Waals surface area contributed by atoms with E-state index < -0.39 is 10.3 Å². The molecule has 1 aliphatic rings. The standard InChI is InChI=1S/C19H19NO5/c1-12-3-5-14(6-4-12)9-19(10-21)11-25-17-15(18(19)22)7-13(2)8-16(17)20(23)24/h3-8,21H,9-11H2,1-2H3/t19-/m0/s1. The number of nitro groups is 1. The summed E-state index contributed by atoms with van der Waals surface area (Å²) in [6.45, 7) is 3.18. The number of carbonyl (C=O) groups excluding carboxylic acids is 1. The van der Waals surface area contributed by atoms with Crippen molar-refractivity contribution in [2.45, 2.75) is 20.3 Å². The van der Waals surface area contributed by atoms with E-state index >= 15 is 0 Å². The molecule has 0 aromatic heterocycles. The van der Waals surface area contributed by atoms with Gasteiger partial charge < -0.3 is 9.84 Å². The van der Waals surface area contributed by atoms with Crippen LogP contribution in [0.4, 0.5) is 5.69 Å². The number of aliphatic hydroxyl groups is 1. The van der Waals surface area contributed by atoms with Gasteiger partial charge in [0.2, 0.25) is 5.75 Å². The van der Waals surface area contributed by atoms with Gasteiger partial charge in [0.05, 0.1) is 22.5 Å². The van der Waals surface area contributed by atoms with Crippen LogP contribution in [-0.4, -0.2) is 29.0 Å². The summed E-state index contributed by atoms with van der Waals surface area (Å²) in [5.41, 5.74) is 1.42. The van der Waals surface area contributed by atoms with E-state index in [1.807, 2.05) is 31.2 Å². The average molecular weight is 341 g/mol. The maximum Gasteiger partial charge on any atom is 0.311 e. The third-order valence-electron chi connectivity index (χ3n) is 4.60. The summed E-state index contributed by atoms with van der Waals surface area (Å²) in [5.74, 6) is -0.322. The zero-order valence-corrected chi connectivity index (χ0v) is 14.1. The molecule has 0 amide bonds. The number of Topliss-reactive ketones (excluding diaryl/α,β-unsaturated/α-hetero) is 1. The second-order valence-corrected chi connectivity index (χ2v) is 6.64. The van der Waals surface area contributed by atoms with Gasteiger partial charge in [-0.15, -0.1) is 0 Å². The van der Waals surface area contributed by atoms with Crippen molar-refractivity contribution in [2.24, 2.45) is 5.41 Å². The molecule has 0 aliphatic carbocycles. The molecule has 0 unspecified atom stereocenters. The minimum Gasteiger partial charge on any atom is -0.485 e. The molecule has 1 heterocycles. The topological polar surface area (TPSA) is 89.7 Å². The SMILES string of the molecule is Cc1ccc(C[C@]2(CO)COc3c(cc(C)cc3[N+](=O)[O-])C2=O)cc1. The largest absolute Gasteiger partial charge is 0.485 e. The van der Waals surface area contributed by atoms with E-state index in [1.54, 1.807) is 13.0 Å². The molecule has 6 nitrogen and oxygen atoms in total. The van der Waals surface area contributed by atoms with Crippen LogP contribution in [-0.2, 0) is 6.42 Å². The van der Waals surface area contributed by atoms with Gasteiger partial charge >= 0.3 is 5.69 Å². The van der Waals surface area contributed by atoms with Crippen LogP contribution in [0.1, 0.15) is 27.0 Å². The number of nitro benzene ring substituents is 1. The van der Waals surface area contributed by atoms with Gasteiger partial charge in [0.25, 0.3) is 0 Å². The Bertz CT molecular complexity index is 844. The van der Waals surface area contributed by atoms with Gasteiger partial charge in [-0.25, -0.2) is 0 Å². The fourth-order valence-electron chi connectivity index (χ4n) is 3.17. The second kappa shape index (κ2) is 6.29. The summed E-state index contributed by atoms with van der Waals surface area (Å²) in [4.78, 5) is 23.8. The fourth-order valence-corrected chi connectivity index (χ4v) is 3.17. The zero-order valence-electron chi connectivity index (χ0n) is 14.1. The summed E-state index contributed by atoms with van der Waals surface area (Å²) < 4.78 is 5.62. The molecule has 130 valence electrons. The van der Waals surface area contributed by atoms with Crippen molar-refractivity contribution in [1.82, 2.24) is 0 Å². The Morgan fingerprint density at radius 2 is 1.88 bits per heavy atom. The molecule has 25 heavy (non-hydrogen) atoms. The number of aryl methyl sites for hydroxylation is 2. The lowest BCUT2D eigenvalue weighted by molar-refractivity contribution is -0.386. The van der Waals surface area contributed by atoms with E-state index in [9.17, 15) is 20.0 Å². The third-order valence-corrected chi connectivity index (χ3v) is 4.60. The summed E-state index contributed by atoms with van der Waals surface area (Å²) in [7, 11) is 0. The molecule has 2 aromatic rings. The predicted molar refractivity (Wildman–Crippen MR) is 92.1 cm³/mol. The molecular formula is C19H19NO5. The molecule has 0 bridgehead atoms. The van der Waals surface area contributed by atoms with Crippen molar-refractivity contribution in [3.05, 3.63) is 68.8 Å². The summed E-state index contributed by atoms with van der Waals surface area (Å²) >= 11 is 0. The number of rotatable bonds is 4. The smallest absolute Gasteiger partial charge is 0.311 e. The highest BCUT2D eigenvalue weighted by molar-refractivity contribution is 6.05. The first kappa shape index (κ1) is 17.1. The van der Waals surface area contributed by atoms with Crippen molar-refractivity contribution >= 4 is 11.5 Å². The monoisotopic (exact) mass is 341 g/mol. The molecule has 1 atom stereocenters. The summed E-state index contributed by atoms with van der Waals surface area (Å²) in [5, 5.41) is 21.2. The number of ketones is 1. The van der Waals surface area contributed by atoms with Crippen LogP contribution < -0.4 is 4.74 Å². The average Bonchev–Trinajstić information content (AvgIpc) is 2.59. The molecule has 2 aromatic carbocycles. The maximum absolute atomic E-state index is 13.1. The Kier molecular flexibility index (Phi) is 4.30. The van der Waals surface area contributed by atoms with Crippen molar-refractivity contribution in [3.8, 4) is 5.75 Å². The Labute approximate surface area is 145 Å². The van der Waals surface area contributed by atoms with E-state index in [1.165, 1.54) is 6.07 Å². The molecule has 0 fully saturated rings. The van der Waals surface area contributed by atoms with Gasteiger partial charge in [-0.05, 0) is 37.5 Å². The number of fused-ring (bicyclic) bond motifs is 1. The fraction of sp³-hybridized carbons (Fsp3) is 0.316. The Hall–Kier alpha value is -2.73. The number of carbonyl (C=O) groups is 1. The Balaban J connectivity index is 2.04. The first-order valence-corrected chi connectivity index (χ1v) is 7.99. The van der Waals surface area contributed by atoms with Gasteiger partial charge in [-0.3, -0.25) is 14.9 Å². The van der Waals surface area contributed by atoms with Gasteiger partial charge in [0, 0.05) is 6.07 Å². The molecule has 0 spiro atoms. The summed E-state index contributed by atoms with van der Waals surface area (Å²) in [6.07, 6.45) is 0.309. The Morgan fingerprint density at radius 1 is 1.20 bits per heavy atom. The maximum atomic E-state index is 13.1. The lowest BCUT2D eigenvalue weighted by Gasteiger charge is -2.35. The van der Waals surface area contributed by atoms with E-state index in [0.29, 0.717) is 12.0 Å². The van der Waals surface area contributed by atoms with E-state index in [2.05, 4.69) is 0 Å². The molecule has 1 N–H and O–H groups in total. The van der Waals surface area contributed by atoms with Gasteiger partial charge in [0.15, 0.2) is 5.78 Å². The van der Waals surface area contributed by atoms with Crippen LogP contribution in [0, 0.1) is 29.4 Å². The van der Waals surface area contributed by atoms with Crippen molar-refractivity contribution in [3.63, 3.8) is 0 Å². The van der Waals surface area contributed by atoms with Gasteiger partial charge in [0.1, 0.15) is 6.61 Å². The molecule has 1 aliphatic heterocycles. The van der Waals surface area contributed by atoms with Crippen molar-refractivity contribution in [2.75, 3.05) is 13.2 Å². The first-order chi connectivity index (χ1) is 11.9. The molecule has 6 heteroatoms. The predicted octanol–water partition coefficient (Wildman–Crippen LogP) is 3.01.